The number of carbonyl (C=O) groups is 1. The summed E-state index contributed by atoms with van der Waals surface area (Å²) in [4.78, 5) is 22.3. The predicted molar refractivity (Wildman–Crippen MR) is 124 cm³/mol. The molecule has 1 aliphatic heterocycles. The van der Waals surface area contributed by atoms with Gasteiger partial charge in [-0.25, -0.2) is 9.38 Å². The van der Waals surface area contributed by atoms with Crippen molar-refractivity contribution in [2.45, 2.75) is 38.1 Å². The summed E-state index contributed by atoms with van der Waals surface area (Å²) in [6.45, 7) is 3.42. The second-order valence-electron chi connectivity index (χ2n) is 8.39. The van der Waals surface area contributed by atoms with Gasteiger partial charge in [0.25, 0.3) is 5.91 Å². The molecule has 0 aromatic heterocycles. The zero-order chi connectivity index (χ0) is 22.3. The van der Waals surface area contributed by atoms with Crippen molar-refractivity contribution in [1.29, 1.82) is 0 Å². The van der Waals surface area contributed by atoms with E-state index in [9.17, 15) is 9.18 Å². The topological polar surface area (TPSA) is 57.2 Å². The molecule has 170 valence electrons. The second-order valence-corrected chi connectivity index (χ2v) is 8.39. The molecule has 1 N–H and O–H groups in total. The molecule has 6 nitrogen and oxygen atoms in total. The Morgan fingerprint density at radius 2 is 1.78 bits per heavy atom. The van der Waals surface area contributed by atoms with Crippen LogP contribution in [-0.4, -0.2) is 61.0 Å². The quantitative estimate of drug-likeness (QED) is 0.574. The van der Waals surface area contributed by atoms with Gasteiger partial charge in [0.05, 0.1) is 7.11 Å². The van der Waals surface area contributed by atoms with Gasteiger partial charge in [0.2, 0.25) is 5.96 Å². The predicted octanol–water partition coefficient (Wildman–Crippen LogP) is 4.20. The Morgan fingerprint density at radius 3 is 2.50 bits per heavy atom. The van der Waals surface area contributed by atoms with Gasteiger partial charge in [0, 0.05) is 37.8 Å². The highest BCUT2D eigenvalue weighted by Gasteiger charge is 2.27. The van der Waals surface area contributed by atoms with Crippen LogP contribution < -0.4 is 10.1 Å². The molecule has 2 aromatic carbocycles. The van der Waals surface area contributed by atoms with Crippen molar-refractivity contribution >= 4 is 17.6 Å². The van der Waals surface area contributed by atoms with Gasteiger partial charge >= 0.3 is 0 Å². The highest BCUT2D eigenvalue weighted by molar-refractivity contribution is 6.06. The van der Waals surface area contributed by atoms with Gasteiger partial charge in [0.1, 0.15) is 17.3 Å². The number of piperazine rings is 1. The average molecular weight is 439 g/mol. The molecule has 2 aromatic rings. The van der Waals surface area contributed by atoms with E-state index in [2.05, 4.69) is 15.1 Å². The molecular formula is C25H31FN4O2. The van der Waals surface area contributed by atoms with Crippen LogP contribution in [0.1, 0.15) is 42.5 Å². The van der Waals surface area contributed by atoms with Gasteiger partial charge in [-0.3, -0.25) is 15.0 Å². The second kappa shape index (κ2) is 10.6. The SMILES string of the molecule is COc1ccccc1N=C(NC(=O)c1cccc(F)c1)N1CCN(C2CCCCC2)CC1. The molecule has 0 radical (unpaired) electrons. The molecule has 0 spiro atoms. The highest BCUT2D eigenvalue weighted by atomic mass is 19.1. The van der Waals surface area contributed by atoms with Crippen LogP contribution in [0, 0.1) is 5.82 Å². The van der Waals surface area contributed by atoms with Crippen molar-refractivity contribution in [2.24, 2.45) is 4.99 Å². The lowest BCUT2D eigenvalue weighted by molar-refractivity contribution is 0.0943. The third-order valence-corrected chi connectivity index (χ3v) is 6.33. The summed E-state index contributed by atoms with van der Waals surface area (Å²) in [5.41, 5.74) is 0.901. The van der Waals surface area contributed by atoms with E-state index >= 15 is 0 Å². The molecule has 2 aliphatic rings. The summed E-state index contributed by atoms with van der Waals surface area (Å²) in [6, 6.07) is 13.8. The molecule has 1 saturated carbocycles. The van der Waals surface area contributed by atoms with Crippen molar-refractivity contribution in [2.75, 3.05) is 33.3 Å². The maximum Gasteiger partial charge on any atom is 0.258 e. The van der Waals surface area contributed by atoms with E-state index in [1.165, 1.54) is 50.3 Å². The van der Waals surface area contributed by atoms with Gasteiger partial charge in [-0.05, 0) is 43.2 Å². The Morgan fingerprint density at radius 1 is 1.03 bits per heavy atom. The number of amides is 1. The molecule has 0 atom stereocenters. The standard InChI is InChI=1S/C25H31FN4O2/c1-32-23-13-6-5-12-22(23)27-25(28-24(31)19-8-7-9-20(26)18-19)30-16-14-29(15-17-30)21-10-3-2-4-11-21/h5-9,12-13,18,21H,2-4,10-11,14-17H2,1H3,(H,27,28,31). The van der Waals surface area contributed by atoms with Crippen molar-refractivity contribution in [3.8, 4) is 5.75 Å². The van der Waals surface area contributed by atoms with E-state index in [-0.39, 0.29) is 11.5 Å². The monoisotopic (exact) mass is 438 g/mol. The molecule has 1 amide bonds. The van der Waals surface area contributed by atoms with Crippen LogP contribution in [-0.2, 0) is 0 Å². The number of para-hydroxylation sites is 2. The summed E-state index contributed by atoms with van der Waals surface area (Å²) >= 11 is 0. The largest absolute Gasteiger partial charge is 0.494 e. The van der Waals surface area contributed by atoms with Gasteiger partial charge in [-0.1, -0.05) is 37.5 Å². The zero-order valence-electron chi connectivity index (χ0n) is 18.6. The first-order chi connectivity index (χ1) is 15.6. The van der Waals surface area contributed by atoms with E-state index in [1.807, 2.05) is 24.3 Å². The minimum Gasteiger partial charge on any atom is -0.494 e. The number of hydrogen-bond acceptors (Lipinski definition) is 4. The van der Waals surface area contributed by atoms with E-state index in [1.54, 1.807) is 13.2 Å². The lowest BCUT2D eigenvalue weighted by atomic mass is 9.94. The van der Waals surface area contributed by atoms with Crippen LogP contribution in [0.15, 0.2) is 53.5 Å². The van der Waals surface area contributed by atoms with Crippen LogP contribution >= 0.6 is 0 Å². The van der Waals surface area contributed by atoms with Crippen molar-refractivity contribution < 1.29 is 13.9 Å². The van der Waals surface area contributed by atoms with Crippen LogP contribution in [0.25, 0.3) is 0 Å². The molecule has 4 rings (SSSR count). The van der Waals surface area contributed by atoms with Crippen molar-refractivity contribution in [3.63, 3.8) is 0 Å². The molecule has 0 unspecified atom stereocenters. The van der Waals surface area contributed by atoms with E-state index < -0.39 is 5.82 Å². The zero-order valence-corrected chi connectivity index (χ0v) is 18.6. The summed E-state index contributed by atoms with van der Waals surface area (Å²) in [7, 11) is 1.60. The fourth-order valence-corrected chi connectivity index (χ4v) is 4.56. The first kappa shape index (κ1) is 22.3. The Bertz CT molecular complexity index is 950. The number of hydrogen-bond donors (Lipinski definition) is 1. The maximum atomic E-state index is 13.6. The molecule has 2 fully saturated rings. The number of methoxy groups -OCH3 is 1. The Kier molecular flexibility index (Phi) is 7.37. The van der Waals surface area contributed by atoms with Gasteiger partial charge in [-0.2, -0.15) is 0 Å². The number of guanidine groups is 1. The van der Waals surface area contributed by atoms with Crippen molar-refractivity contribution in [1.82, 2.24) is 15.1 Å². The fraction of sp³-hybridized carbons (Fsp3) is 0.440. The summed E-state index contributed by atoms with van der Waals surface area (Å²) in [6.07, 6.45) is 6.53. The minimum atomic E-state index is -0.443. The van der Waals surface area contributed by atoms with E-state index in [4.69, 9.17) is 9.73 Å². The third kappa shape index (κ3) is 5.46. The Balaban J connectivity index is 1.53. The molecule has 0 bridgehead atoms. The number of halogens is 1. The first-order valence-corrected chi connectivity index (χ1v) is 11.4. The number of carbonyl (C=O) groups excluding carboxylic acids is 1. The van der Waals surface area contributed by atoms with Crippen LogP contribution in [0.2, 0.25) is 0 Å². The van der Waals surface area contributed by atoms with E-state index in [0.29, 0.717) is 23.4 Å². The molecule has 1 aliphatic carbocycles. The van der Waals surface area contributed by atoms with Crippen LogP contribution in [0.4, 0.5) is 10.1 Å². The van der Waals surface area contributed by atoms with Crippen LogP contribution in [0.3, 0.4) is 0 Å². The number of rotatable bonds is 4. The highest BCUT2D eigenvalue weighted by Crippen LogP contribution is 2.27. The number of nitrogens with zero attached hydrogens (tertiary/aromatic N) is 3. The Labute approximate surface area is 189 Å². The minimum absolute atomic E-state index is 0.263. The maximum absolute atomic E-state index is 13.6. The number of ether oxygens (including phenoxy) is 1. The fourth-order valence-electron chi connectivity index (χ4n) is 4.56. The number of benzene rings is 2. The van der Waals surface area contributed by atoms with Gasteiger partial charge in [-0.15, -0.1) is 0 Å². The third-order valence-electron chi connectivity index (χ3n) is 6.33. The molecular weight excluding hydrogens is 407 g/mol. The average Bonchev–Trinajstić information content (AvgIpc) is 2.84. The van der Waals surface area contributed by atoms with Gasteiger partial charge < -0.3 is 9.64 Å². The Hall–Kier alpha value is -2.93. The summed E-state index contributed by atoms with van der Waals surface area (Å²) < 4.78 is 19.1. The smallest absolute Gasteiger partial charge is 0.258 e. The number of aliphatic imine (C=N–C) groups is 1. The molecule has 7 heteroatoms. The summed E-state index contributed by atoms with van der Waals surface area (Å²) in [5.74, 6) is 0.271. The van der Waals surface area contributed by atoms with Crippen LogP contribution in [0.5, 0.6) is 5.75 Å². The molecule has 1 saturated heterocycles. The lowest BCUT2D eigenvalue weighted by Crippen LogP contribution is -2.55. The normalized spacial score (nSPS) is 18.4. The molecule has 1 heterocycles. The van der Waals surface area contributed by atoms with Gasteiger partial charge in [0.15, 0.2) is 0 Å². The lowest BCUT2D eigenvalue weighted by Gasteiger charge is -2.41. The number of nitrogens with one attached hydrogen (secondary N) is 1. The van der Waals surface area contributed by atoms with Crippen molar-refractivity contribution in [3.05, 3.63) is 59.9 Å². The first-order valence-electron chi connectivity index (χ1n) is 11.4. The summed E-state index contributed by atoms with van der Waals surface area (Å²) in [5, 5.41) is 2.92. The van der Waals surface area contributed by atoms with E-state index in [0.717, 1.165) is 26.2 Å². The molecule has 32 heavy (non-hydrogen) atoms.